The highest BCUT2D eigenvalue weighted by Crippen LogP contribution is 2.23. The summed E-state index contributed by atoms with van der Waals surface area (Å²) in [6.07, 6.45) is 1.82. The van der Waals surface area contributed by atoms with Crippen LogP contribution in [0.3, 0.4) is 0 Å². The van der Waals surface area contributed by atoms with Gasteiger partial charge in [-0.2, -0.15) is 0 Å². The Kier molecular flexibility index (Phi) is 1.42. The third-order valence-electron chi connectivity index (χ3n) is 1.94. The normalized spacial score (nSPS) is 14.8. The second kappa shape index (κ2) is 2.42. The smallest absolute Gasteiger partial charge is 0.113 e. The second-order valence-electron chi connectivity index (χ2n) is 2.77. The lowest BCUT2D eigenvalue weighted by atomic mass is 10.0. The summed E-state index contributed by atoms with van der Waals surface area (Å²) in [5, 5.41) is 0. The average molecular weight is 146 g/mol. The lowest BCUT2D eigenvalue weighted by Gasteiger charge is -2.14. The van der Waals surface area contributed by atoms with Gasteiger partial charge in [-0.1, -0.05) is 24.3 Å². The molecular formula is C10H10O. The molecule has 1 heteroatoms. The molecule has 1 aliphatic heterocycles. The van der Waals surface area contributed by atoms with Crippen molar-refractivity contribution in [3.63, 3.8) is 0 Å². The van der Waals surface area contributed by atoms with Crippen LogP contribution in [-0.2, 0) is 11.3 Å². The zero-order valence-corrected chi connectivity index (χ0v) is 6.50. The summed E-state index contributed by atoms with van der Waals surface area (Å²) < 4.78 is 5.25. The third-order valence-corrected chi connectivity index (χ3v) is 1.94. The van der Waals surface area contributed by atoms with Crippen LogP contribution in [0, 0.1) is 0 Å². The largest absolute Gasteiger partial charge is 0.496 e. The van der Waals surface area contributed by atoms with E-state index in [4.69, 9.17) is 4.74 Å². The number of hydrogen-bond donors (Lipinski definition) is 0. The van der Waals surface area contributed by atoms with E-state index in [1.165, 1.54) is 16.7 Å². The van der Waals surface area contributed by atoms with E-state index in [-0.39, 0.29) is 0 Å². The molecule has 0 N–H and O–H groups in total. The Morgan fingerprint density at radius 2 is 2.09 bits per heavy atom. The van der Waals surface area contributed by atoms with E-state index in [1.807, 2.05) is 12.3 Å². The molecule has 56 valence electrons. The van der Waals surface area contributed by atoms with Gasteiger partial charge in [-0.05, 0) is 23.6 Å². The molecule has 11 heavy (non-hydrogen) atoms. The molecule has 1 heterocycles. The van der Waals surface area contributed by atoms with Crippen molar-refractivity contribution in [2.45, 2.75) is 13.5 Å². The van der Waals surface area contributed by atoms with Crippen LogP contribution in [0.4, 0.5) is 0 Å². The summed E-state index contributed by atoms with van der Waals surface area (Å²) in [4.78, 5) is 0. The fraction of sp³-hybridized carbons (Fsp3) is 0.200. The number of rotatable bonds is 0. The average Bonchev–Trinajstić information content (AvgIpc) is 2.06. The fourth-order valence-corrected chi connectivity index (χ4v) is 1.35. The summed E-state index contributed by atoms with van der Waals surface area (Å²) in [5.74, 6) is 0. The molecule has 2 rings (SSSR count). The molecule has 0 aliphatic carbocycles. The summed E-state index contributed by atoms with van der Waals surface area (Å²) in [5.41, 5.74) is 3.82. The van der Waals surface area contributed by atoms with Crippen molar-refractivity contribution in [3.8, 4) is 0 Å². The Bertz CT molecular complexity index is 299. The Morgan fingerprint density at radius 3 is 2.91 bits per heavy atom. The maximum Gasteiger partial charge on any atom is 0.113 e. The van der Waals surface area contributed by atoms with Crippen LogP contribution in [0.15, 0.2) is 30.5 Å². The zero-order valence-electron chi connectivity index (χ0n) is 6.50. The van der Waals surface area contributed by atoms with Crippen LogP contribution >= 0.6 is 0 Å². The van der Waals surface area contributed by atoms with E-state index >= 15 is 0 Å². The molecule has 0 atom stereocenters. The molecule has 1 aromatic rings. The van der Waals surface area contributed by atoms with Gasteiger partial charge in [0.2, 0.25) is 0 Å². The van der Waals surface area contributed by atoms with Crippen LogP contribution in [0.2, 0.25) is 0 Å². The number of allylic oxidation sites excluding steroid dienone is 1. The first kappa shape index (κ1) is 6.47. The Morgan fingerprint density at radius 1 is 1.27 bits per heavy atom. The molecule has 1 aromatic carbocycles. The first-order chi connectivity index (χ1) is 5.38. The predicted octanol–water partition coefficient (Wildman–Crippen LogP) is 2.58. The van der Waals surface area contributed by atoms with Crippen LogP contribution < -0.4 is 0 Å². The van der Waals surface area contributed by atoms with Gasteiger partial charge in [0.15, 0.2) is 0 Å². The van der Waals surface area contributed by atoms with Crippen molar-refractivity contribution in [2.75, 3.05) is 0 Å². The highest BCUT2D eigenvalue weighted by Gasteiger charge is 2.07. The molecule has 0 fully saturated rings. The predicted molar refractivity (Wildman–Crippen MR) is 44.9 cm³/mol. The Balaban J connectivity index is 2.56. The van der Waals surface area contributed by atoms with E-state index in [0.29, 0.717) is 6.61 Å². The molecule has 0 bridgehead atoms. The van der Waals surface area contributed by atoms with Crippen molar-refractivity contribution in [3.05, 3.63) is 41.7 Å². The highest BCUT2D eigenvalue weighted by atomic mass is 16.5. The number of fused-ring (bicyclic) bond motifs is 1. The van der Waals surface area contributed by atoms with E-state index in [2.05, 4.69) is 25.1 Å². The standard InChI is InChI=1S/C10H10O/c1-8-6-11-7-9-4-2-3-5-10(8)9/h2-6H,7H2,1H3. The maximum absolute atomic E-state index is 5.25. The third kappa shape index (κ3) is 1.03. The van der Waals surface area contributed by atoms with Gasteiger partial charge in [-0.3, -0.25) is 0 Å². The molecular weight excluding hydrogens is 136 g/mol. The molecule has 0 saturated carbocycles. The summed E-state index contributed by atoms with van der Waals surface area (Å²) in [7, 11) is 0. The molecule has 0 aromatic heterocycles. The van der Waals surface area contributed by atoms with Crippen molar-refractivity contribution in [1.29, 1.82) is 0 Å². The first-order valence-corrected chi connectivity index (χ1v) is 3.74. The first-order valence-electron chi connectivity index (χ1n) is 3.74. The van der Waals surface area contributed by atoms with Gasteiger partial charge in [0.1, 0.15) is 6.61 Å². The highest BCUT2D eigenvalue weighted by molar-refractivity contribution is 5.66. The monoisotopic (exact) mass is 146 g/mol. The summed E-state index contributed by atoms with van der Waals surface area (Å²) in [6, 6.07) is 8.33. The van der Waals surface area contributed by atoms with Gasteiger partial charge in [0, 0.05) is 0 Å². The van der Waals surface area contributed by atoms with E-state index in [9.17, 15) is 0 Å². The quantitative estimate of drug-likeness (QED) is 0.546. The lowest BCUT2D eigenvalue weighted by molar-refractivity contribution is 0.232. The molecule has 0 radical (unpaired) electrons. The zero-order chi connectivity index (χ0) is 7.68. The maximum atomic E-state index is 5.25. The lowest BCUT2D eigenvalue weighted by Crippen LogP contribution is -1.98. The molecule has 0 spiro atoms. The minimum absolute atomic E-state index is 0.716. The number of ether oxygens (including phenoxy) is 1. The Labute approximate surface area is 66.3 Å². The second-order valence-corrected chi connectivity index (χ2v) is 2.77. The van der Waals surface area contributed by atoms with Crippen LogP contribution in [0.5, 0.6) is 0 Å². The van der Waals surface area contributed by atoms with Crippen molar-refractivity contribution < 1.29 is 4.74 Å². The van der Waals surface area contributed by atoms with Gasteiger partial charge < -0.3 is 4.74 Å². The van der Waals surface area contributed by atoms with Crippen molar-refractivity contribution in [2.24, 2.45) is 0 Å². The molecule has 0 saturated heterocycles. The Hall–Kier alpha value is -1.24. The van der Waals surface area contributed by atoms with Gasteiger partial charge in [-0.15, -0.1) is 0 Å². The number of benzene rings is 1. The number of hydrogen-bond acceptors (Lipinski definition) is 1. The summed E-state index contributed by atoms with van der Waals surface area (Å²) >= 11 is 0. The van der Waals surface area contributed by atoms with Crippen LogP contribution in [-0.4, -0.2) is 0 Å². The van der Waals surface area contributed by atoms with E-state index in [1.54, 1.807) is 0 Å². The van der Waals surface area contributed by atoms with Crippen molar-refractivity contribution >= 4 is 5.57 Å². The molecule has 0 amide bonds. The van der Waals surface area contributed by atoms with Crippen LogP contribution in [0.25, 0.3) is 5.57 Å². The summed E-state index contributed by atoms with van der Waals surface area (Å²) in [6.45, 7) is 2.78. The van der Waals surface area contributed by atoms with Gasteiger partial charge in [0.05, 0.1) is 6.26 Å². The molecule has 1 aliphatic rings. The fourth-order valence-electron chi connectivity index (χ4n) is 1.35. The van der Waals surface area contributed by atoms with Crippen LogP contribution in [0.1, 0.15) is 18.1 Å². The van der Waals surface area contributed by atoms with Gasteiger partial charge in [0.25, 0.3) is 0 Å². The SMILES string of the molecule is CC1=COCc2ccccc21. The van der Waals surface area contributed by atoms with Crippen molar-refractivity contribution in [1.82, 2.24) is 0 Å². The van der Waals surface area contributed by atoms with E-state index in [0.717, 1.165) is 0 Å². The molecule has 1 nitrogen and oxygen atoms in total. The van der Waals surface area contributed by atoms with Gasteiger partial charge >= 0.3 is 0 Å². The van der Waals surface area contributed by atoms with E-state index < -0.39 is 0 Å². The molecule has 0 unspecified atom stereocenters. The minimum atomic E-state index is 0.716. The minimum Gasteiger partial charge on any atom is -0.496 e. The van der Waals surface area contributed by atoms with Gasteiger partial charge in [-0.25, -0.2) is 0 Å². The topological polar surface area (TPSA) is 9.23 Å².